The number of unbranched alkanes of at least 4 members (excludes halogenated alkanes) is 2. The number of benzene rings is 1. The fourth-order valence-corrected chi connectivity index (χ4v) is 4.06. The third-order valence-corrected chi connectivity index (χ3v) is 5.72. The summed E-state index contributed by atoms with van der Waals surface area (Å²) in [4.78, 5) is 17.5. The maximum Gasteiger partial charge on any atom is 0.226 e. The summed E-state index contributed by atoms with van der Waals surface area (Å²) in [6.07, 6.45) is 14.7. The van der Waals surface area contributed by atoms with Crippen LogP contribution < -0.4 is 10.8 Å². The first-order valence-electron chi connectivity index (χ1n) is 11.2. The quantitative estimate of drug-likeness (QED) is 0.339. The van der Waals surface area contributed by atoms with Crippen molar-refractivity contribution >= 4 is 11.6 Å². The lowest BCUT2D eigenvalue weighted by molar-refractivity contribution is -0.117. The second-order valence-corrected chi connectivity index (χ2v) is 8.16. The Bertz CT molecular complexity index is 770. The highest BCUT2D eigenvalue weighted by molar-refractivity contribution is 5.90. The predicted octanol–water partition coefficient (Wildman–Crippen LogP) is 4.88. The number of hydroxylamine groups is 1. The Labute approximate surface area is 179 Å². The Kier molecular flexibility index (Phi) is 8.72. The highest BCUT2D eigenvalue weighted by atomic mass is 16.6. The van der Waals surface area contributed by atoms with Crippen molar-refractivity contribution in [1.82, 2.24) is 5.48 Å². The third kappa shape index (κ3) is 6.85. The van der Waals surface area contributed by atoms with E-state index in [1.807, 2.05) is 36.4 Å². The van der Waals surface area contributed by atoms with Crippen LogP contribution in [0.2, 0.25) is 0 Å². The van der Waals surface area contributed by atoms with Crippen LogP contribution in [0.15, 0.2) is 65.9 Å². The third-order valence-electron chi connectivity index (χ3n) is 5.72. The van der Waals surface area contributed by atoms with Crippen LogP contribution in [0.3, 0.4) is 0 Å². The van der Waals surface area contributed by atoms with Crippen LogP contribution in [0.4, 0.5) is 5.69 Å². The summed E-state index contributed by atoms with van der Waals surface area (Å²) < 4.78 is 0. The molecule has 0 saturated heterocycles. The van der Waals surface area contributed by atoms with Crippen LogP contribution in [0, 0.1) is 11.8 Å². The average molecular weight is 411 g/mol. The Morgan fingerprint density at radius 2 is 2.13 bits per heavy atom. The zero-order chi connectivity index (χ0) is 21.2. The largest absolute Gasteiger partial charge is 0.389 e. The summed E-state index contributed by atoms with van der Waals surface area (Å²) >= 11 is 0. The molecule has 1 aromatic carbocycles. The van der Waals surface area contributed by atoms with Crippen LogP contribution in [0.25, 0.3) is 0 Å². The molecule has 0 aliphatic heterocycles. The summed E-state index contributed by atoms with van der Waals surface area (Å²) in [5.41, 5.74) is 6.19. The van der Waals surface area contributed by atoms with Gasteiger partial charge in [-0.1, -0.05) is 68.7 Å². The van der Waals surface area contributed by atoms with Gasteiger partial charge in [-0.2, -0.15) is 0 Å². The number of anilines is 1. The number of aliphatic hydroxyl groups excluding tert-OH is 1. The molecular formula is C25H34N2O3. The number of carbonyl (C=O) groups excluding carboxylic acids is 1. The van der Waals surface area contributed by atoms with Gasteiger partial charge in [-0.05, 0) is 42.9 Å². The fraction of sp³-hybridized carbons (Fsp3) is 0.480. The Morgan fingerprint density at radius 1 is 1.30 bits per heavy atom. The smallest absolute Gasteiger partial charge is 0.226 e. The van der Waals surface area contributed by atoms with E-state index >= 15 is 0 Å². The molecule has 1 amide bonds. The molecule has 1 aromatic rings. The summed E-state index contributed by atoms with van der Waals surface area (Å²) in [6.45, 7) is 2.49. The van der Waals surface area contributed by atoms with E-state index in [9.17, 15) is 9.90 Å². The monoisotopic (exact) mass is 410 g/mol. The van der Waals surface area contributed by atoms with Gasteiger partial charge in [-0.25, -0.2) is 0 Å². The van der Waals surface area contributed by atoms with Gasteiger partial charge in [0.2, 0.25) is 5.91 Å². The Balaban J connectivity index is 1.36. The molecule has 3 N–H and O–H groups in total. The maximum absolute atomic E-state index is 12.0. The summed E-state index contributed by atoms with van der Waals surface area (Å²) in [5.74, 6) is 0.888. The Hall–Kier alpha value is -2.37. The van der Waals surface area contributed by atoms with Gasteiger partial charge in [0.05, 0.1) is 19.1 Å². The molecule has 0 heterocycles. The second kappa shape index (κ2) is 11.7. The minimum absolute atomic E-state index is 0.0619. The van der Waals surface area contributed by atoms with Crippen LogP contribution in [-0.2, 0) is 9.63 Å². The van der Waals surface area contributed by atoms with E-state index in [1.165, 1.54) is 18.4 Å². The summed E-state index contributed by atoms with van der Waals surface area (Å²) in [5, 5.41) is 13.0. The van der Waals surface area contributed by atoms with Crippen molar-refractivity contribution in [1.29, 1.82) is 0 Å². The molecule has 0 fully saturated rings. The summed E-state index contributed by atoms with van der Waals surface area (Å²) in [7, 11) is 0. The molecule has 2 aliphatic carbocycles. The van der Waals surface area contributed by atoms with E-state index in [-0.39, 0.29) is 12.0 Å². The van der Waals surface area contributed by atoms with Crippen molar-refractivity contribution in [3.8, 4) is 0 Å². The van der Waals surface area contributed by atoms with E-state index in [2.05, 4.69) is 35.9 Å². The fourth-order valence-electron chi connectivity index (χ4n) is 4.06. The highest BCUT2D eigenvalue weighted by Crippen LogP contribution is 2.42. The molecule has 0 aromatic heterocycles. The lowest BCUT2D eigenvalue weighted by atomic mass is 9.94. The SMILES string of the molecule is CCCCCC(O)C=CC1=CC[C@@H]2CC(NOCCC(=O)Nc3ccccc3)=C[C@@H]12. The van der Waals surface area contributed by atoms with Gasteiger partial charge >= 0.3 is 0 Å². The Morgan fingerprint density at radius 3 is 2.93 bits per heavy atom. The number of nitrogens with one attached hydrogen (secondary N) is 2. The van der Waals surface area contributed by atoms with Gasteiger partial charge in [0.1, 0.15) is 0 Å². The zero-order valence-electron chi connectivity index (χ0n) is 17.8. The first kappa shape index (κ1) is 22.3. The number of aliphatic hydroxyl groups is 1. The van der Waals surface area contributed by atoms with Crippen molar-refractivity contribution in [2.45, 2.75) is 58.0 Å². The van der Waals surface area contributed by atoms with Gasteiger partial charge in [0.15, 0.2) is 0 Å². The van der Waals surface area contributed by atoms with E-state index < -0.39 is 0 Å². The second-order valence-electron chi connectivity index (χ2n) is 8.16. The normalized spacial score (nSPS) is 21.3. The molecule has 0 spiro atoms. The van der Waals surface area contributed by atoms with Crippen LogP contribution in [-0.4, -0.2) is 23.7 Å². The van der Waals surface area contributed by atoms with Gasteiger partial charge in [0, 0.05) is 17.3 Å². The topological polar surface area (TPSA) is 70.6 Å². The first-order valence-corrected chi connectivity index (χ1v) is 11.2. The summed E-state index contributed by atoms with van der Waals surface area (Å²) in [6, 6.07) is 9.43. The lowest BCUT2D eigenvalue weighted by Crippen LogP contribution is -2.19. The van der Waals surface area contributed by atoms with Crippen molar-refractivity contribution in [3.63, 3.8) is 0 Å². The molecule has 5 heteroatoms. The number of amides is 1. The van der Waals surface area contributed by atoms with E-state index in [0.29, 0.717) is 24.9 Å². The van der Waals surface area contributed by atoms with Crippen LogP contribution >= 0.6 is 0 Å². The predicted molar refractivity (Wildman–Crippen MR) is 120 cm³/mol. The number of fused-ring (bicyclic) bond motifs is 1. The molecule has 0 bridgehead atoms. The molecule has 2 aliphatic rings. The minimum atomic E-state index is -0.357. The van der Waals surface area contributed by atoms with Crippen molar-refractivity contribution in [3.05, 3.63) is 65.9 Å². The highest BCUT2D eigenvalue weighted by Gasteiger charge is 2.32. The standard InChI is InChI=1S/C25H34N2O3/c1-2-3-5-10-23(28)14-13-19-11-12-20-17-22(18-24(19)20)27-30-16-15-25(29)26-21-8-6-4-7-9-21/h4,6-9,11,13-14,18,20,23-24,27-28H,2-3,5,10,12,15-17H2,1H3,(H,26,29)/t20-,23?,24+/m1/s1. The average Bonchev–Trinajstić information content (AvgIpc) is 3.31. The van der Waals surface area contributed by atoms with Crippen LogP contribution in [0.5, 0.6) is 0 Å². The van der Waals surface area contributed by atoms with Crippen molar-refractivity contribution in [2.75, 3.05) is 11.9 Å². The number of hydrogen-bond acceptors (Lipinski definition) is 4. The molecule has 3 rings (SSSR count). The van der Waals surface area contributed by atoms with E-state index in [1.54, 1.807) is 0 Å². The number of para-hydroxylation sites is 1. The number of rotatable bonds is 12. The molecule has 0 radical (unpaired) electrons. The van der Waals surface area contributed by atoms with E-state index in [0.717, 1.165) is 37.1 Å². The molecular weight excluding hydrogens is 376 g/mol. The molecule has 1 unspecified atom stereocenters. The van der Waals surface area contributed by atoms with Gasteiger partial charge < -0.3 is 10.4 Å². The number of hydrogen-bond donors (Lipinski definition) is 3. The molecule has 3 atom stereocenters. The van der Waals surface area contributed by atoms with Gasteiger partial charge in [-0.3, -0.25) is 15.1 Å². The van der Waals surface area contributed by atoms with Crippen LogP contribution in [0.1, 0.15) is 51.9 Å². The van der Waals surface area contributed by atoms with Gasteiger partial charge in [-0.15, -0.1) is 0 Å². The molecule has 5 nitrogen and oxygen atoms in total. The van der Waals surface area contributed by atoms with Crippen molar-refractivity contribution < 1.29 is 14.7 Å². The maximum atomic E-state index is 12.0. The minimum Gasteiger partial charge on any atom is -0.389 e. The zero-order valence-corrected chi connectivity index (χ0v) is 17.8. The first-order chi connectivity index (χ1) is 14.7. The molecule has 0 saturated carbocycles. The molecule has 30 heavy (non-hydrogen) atoms. The lowest BCUT2D eigenvalue weighted by Gasteiger charge is -2.11. The number of allylic oxidation sites excluding steroid dienone is 5. The van der Waals surface area contributed by atoms with E-state index in [4.69, 9.17) is 4.84 Å². The number of carbonyl (C=O) groups is 1. The van der Waals surface area contributed by atoms with Gasteiger partial charge in [0.25, 0.3) is 0 Å². The molecule has 162 valence electrons. The van der Waals surface area contributed by atoms with Crippen molar-refractivity contribution in [2.24, 2.45) is 11.8 Å².